The van der Waals surface area contributed by atoms with E-state index < -0.39 is 17.0 Å². The molecule has 3 heterocycles. The van der Waals surface area contributed by atoms with Gasteiger partial charge in [0, 0.05) is 56.2 Å². The number of pyridine rings is 1. The summed E-state index contributed by atoms with van der Waals surface area (Å²) in [6.07, 6.45) is 2.68. The largest absolute Gasteiger partial charge is 0.545 e. The van der Waals surface area contributed by atoms with E-state index >= 15 is 0 Å². The van der Waals surface area contributed by atoms with E-state index in [1.165, 1.54) is 12.4 Å². The maximum atomic E-state index is 12.5. The van der Waals surface area contributed by atoms with E-state index in [0.717, 1.165) is 16.5 Å². The second-order valence-corrected chi connectivity index (χ2v) is 8.67. The van der Waals surface area contributed by atoms with Gasteiger partial charge in [0.05, 0.1) is 16.9 Å². The maximum Gasteiger partial charge on any atom is 0.227 e. The average molecular weight is 488 g/mol. The molecule has 1 N–H and O–H groups in total. The van der Waals surface area contributed by atoms with Crippen molar-refractivity contribution in [1.82, 2.24) is 19.4 Å². The summed E-state index contributed by atoms with van der Waals surface area (Å²) in [5, 5.41) is 17.8. The van der Waals surface area contributed by atoms with Gasteiger partial charge >= 0.3 is 0 Å². The lowest BCUT2D eigenvalue weighted by Crippen LogP contribution is -2.50. The summed E-state index contributed by atoms with van der Waals surface area (Å²) in [6, 6.07) is 14.3. The van der Waals surface area contributed by atoms with Gasteiger partial charge in [-0.3, -0.25) is 4.79 Å². The lowest BCUT2D eigenvalue weighted by Gasteiger charge is -2.36. The highest BCUT2D eigenvalue weighted by atomic mass is 32.1. The Kier molecular flexibility index (Phi) is 6.04. The van der Waals surface area contributed by atoms with Gasteiger partial charge in [0.15, 0.2) is 5.11 Å². The van der Waals surface area contributed by atoms with Crippen molar-refractivity contribution in [2.45, 2.75) is 13.5 Å². The Morgan fingerprint density at radius 2 is 1.83 bits per heavy atom. The zero-order valence-electron chi connectivity index (χ0n) is 19.1. The Bertz CT molecular complexity index is 1510. The van der Waals surface area contributed by atoms with E-state index in [1.54, 1.807) is 4.57 Å². The topological polar surface area (TPSA) is 106 Å². The molecule has 10 heteroatoms. The Morgan fingerprint density at radius 1 is 1.09 bits per heavy atom. The van der Waals surface area contributed by atoms with Crippen LogP contribution in [0.5, 0.6) is 0 Å². The van der Waals surface area contributed by atoms with Crippen molar-refractivity contribution in [2.24, 2.45) is 0 Å². The first-order valence-corrected chi connectivity index (χ1v) is 11.8. The molecule has 2 aromatic heterocycles. The molecule has 1 fully saturated rings. The second-order valence-electron chi connectivity index (χ2n) is 8.28. The van der Waals surface area contributed by atoms with Crippen LogP contribution in [0.2, 0.25) is 0 Å². The molecular formula is C25H23N6O3S-. The van der Waals surface area contributed by atoms with E-state index in [2.05, 4.69) is 38.4 Å². The standard InChI is InChI=1S/C25H24N6O3S/c1-2-29-15-19(23(33)34)21(32)18-14-26-24(28-22(18)29)30-10-12-31(13-11-30)25(35)27-20-9-5-7-16-6-3-4-8-17(16)20/h3-9,14-15H,2,10-13H2,1H3,(H,27,35)(H,33,34)/p-1. The first-order chi connectivity index (χ1) is 17.0. The van der Waals surface area contributed by atoms with Crippen LogP contribution in [0.3, 0.4) is 0 Å². The summed E-state index contributed by atoms with van der Waals surface area (Å²) < 4.78 is 1.63. The highest BCUT2D eigenvalue weighted by Gasteiger charge is 2.22. The zero-order valence-corrected chi connectivity index (χ0v) is 19.9. The minimum Gasteiger partial charge on any atom is -0.545 e. The van der Waals surface area contributed by atoms with E-state index in [-0.39, 0.29) is 5.39 Å². The molecule has 0 amide bonds. The van der Waals surface area contributed by atoms with Crippen molar-refractivity contribution in [2.75, 3.05) is 36.4 Å². The van der Waals surface area contributed by atoms with Crippen LogP contribution in [-0.2, 0) is 6.54 Å². The van der Waals surface area contributed by atoms with Gasteiger partial charge in [0.25, 0.3) is 0 Å². The van der Waals surface area contributed by atoms with Crippen molar-refractivity contribution < 1.29 is 9.90 Å². The van der Waals surface area contributed by atoms with Crippen molar-refractivity contribution in [1.29, 1.82) is 0 Å². The highest BCUT2D eigenvalue weighted by molar-refractivity contribution is 7.80. The van der Waals surface area contributed by atoms with E-state index in [9.17, 15) is 14.7 Å². The van der Waals surface area contributed by atoms with Crippen LogP contribution in [0, 0.1) is 0 Å². The average Bonchev–Trinajstić information content (AvgIpc) is 2.89. The van der Waals surface area contributed by atoms with Gasteiger partial charge in [-0.25, -0.2) is 4.98 Å². The second kappa shape index (κ2) is 9.30. The fourth-order valence-electron chi connectivity index (χ4n) is 4.34. The quantitative estimate of drug-likeness (QED) is 0.432. The lowest BCUT2D eigenvalue weighted by atomic mass is 10.1. The Labute approximate surface area is 206 Å². The van der Waals surface area contributed by atoms with Crippen molar-refractivity contribution in [3.63, 3.8) is 0 Å². The van der Waals surface area contributed by atoms with E-state index in [0.29, 0.717) is 49.4 Å². The maximum absolute atomic E-state index is 12.5. The van der Waals surface area contributed by atoms with Crippen LogP contribution in [0.15, 0.2) is 59.7 Å². The summed E-state index contributed by atoms with van der Waals surface area (Å²) in [5.74, 6) is -1.01. The van der Waals surface area contributed by atoms with Gasteiger partial charge in [0.1, 0.15) is 5.65 Å². The minimum atomic E-state index is -1.51. The van der Waals surface area contributed by atoms with Crippen molar-refractivity contribution in [3.05, 3.63) is 70.6 Å². The first-order valence-electron chi connectivity index (χ1n) is 11.4. The fourth-order valence-corrected chi connectivity index (χ4v) is 4.63. The molecule has 1 saturated heterocycles. The number of carbonyl (C=O) groups excluding carboxylic acids is 1. The monoisotopic (exact) mass is 487 g/mol. The number of aromatic nitrogens is 3. The van der Waals surface area contributed by atoms with Crippen LogP contribution >= 0.6 is 12.2 Å². The van der Waals surface area contributed by atoms with Crippen LogP contribution in [-0.4, -0.2) is 56.7 Å². The van der Waals surface area contributed by atoms with Gasteiger partial charge < -0.3 is 29.6 Å². The molecule has 0 saturated carbocycles. The number of aryl methyl sites for hydroxylation is 1. The summed E-state index contributed by atoms with van der Waals surface area (Å²) in [4.78, 5) is 36.9. The number of carboxylic acids is 1. The zero-order chi connectivity index (χ0) is 24.5. The summed E-state index contributed by atoms with van der Waals surface area (Å²) in [6.45, 7) is 4.97. The SMILES string of the molecule is CCn1cc(C(=O)[O-])c(=O)c2cnc(N3CCN(C(=S)Nc4cccc5ccccc45)CC3)nc21. The van der Waals surface area contributed by atoms with E-state index in [1.807, 2.05) is 36.1 Å². The summed E-state index contributed by atoms with van der Waals surface area (Å²) >= 11 is 5.69. The van der Waals surface area contributed by atoms with Crippen molar-refractivity contribution in [3.8, 4) is 0 Å². The van der Waals surface area contributed by atoms with Crippen molar-refractivity contribution >= 4 is 56.7 Å². The van der Waals surface area contributed by atoms with Gasteiger partial charge in [-0.2, -0.15) is 4.98 Å². The molecule has 1 aliphatic rings. The van der Waals surface area contributed by atoms with E-state index in [4.69, 9.17) is 12.2 Å². The number of nitrogens with one attached hydrogen (secondary N) is 1. The predicted octanol–water partition coefficient (Wildman–Crippen LogP) is 1.85. The molecule has 0 unspecified atom stereocenters. The molecular weight excluding hydrogens is 464 g/mol. The number of anilines is 2. The molecule has 1 aliphatic heterocycles. The molecule has 0 aliphatic carbocycles. The third-order valence-corrected chi connectivity index (χ3v) is 6.60. The van der Waals surface area contributed by atoms with Gasteiger partial charge in [-0.05, 0) is 30.6 Å². The van der Waals surface area contributed by atoms with Crippen LogP contribution in [0.4, 0.5) is 11.6 Å². The summed E-state index contributed by atoms with van der Waals surface area (Å²) in [7, 11) is 0. The molecule has 9 nitrogen and oxygen atoms in total. The predicted molar refractivity (Wildman–Crippen MR) is 138 cm³/mol. The molecule has 0 atom stereocenters. The number of aromatic carboxylic acids is 1. The normalized spacial score (nSPS) is 13.9. The number of piperazine rings is 1. The first kappa shape index (κ1) is 22.7. The number of nitrogens with zero attached hydrogens (tertiary/aromatic N) is 5. The third kappa shape index (κ3) is 4.28. The number of thiocarbonyl (C=S) groups is 1. The molecule has 178 valence electrons. The lowest BCUT2D eigenvalue weighted by molar-refractivity contribution is -0.255. The number of hydrogen-bond donors (Lipinski definition) is 1. The number of fused-ring (bicyclic) bond motifs is 2. The smallest absolute Gasteiger partial charge is 0.227 e. The Morgan fingerprint density at radius 3 is 2.57 bits per heavy atom. The fraction of sp³-hybridized carbons (Fsp3) is 0.240. The van der Waals surface area contributed by atoms with Crippen LogP contribution in [0.25, 0.3) is 21.8 Å². The Hall–Kier alpha value is -4.05. The van der Waals surface area contributed by atoms with Gasteiger partial charge in [0.2, 0.25) is 11.4 Å². The molecule has 0 spiro atoms. The molecule has 0 radical (unpaired) electrons. The molecule has 0 bridgehead atoms. The third-order valence-electron chi connectivity index (χ3n) is 6.24. The van der Waals surface area contributed by atoms with Crippen LogP contribution in [0.1, 0.15) is 17.3 Å². The number of carbonyl (C=O) groups is 1. The molecule has 35 heavy (non-hydrogen) atoms. The van der Waals surface area contributed by atoms with Gasteiger partial charge in [-0.1, -0.05) is 36.4 Å². The van der Waals surface area contributed by atoms with Crippen LogP contribution < -0.4 is 20.8 Å². The molecule has 4 aromatic rings. The Balaban J connectivity index is 1.32. The molecule has 2 aromatic carbocycles. The summed E-state index contributed by atoms with van der Waals surface area (Å²) in [5.41, 5.74) is 0.354. The van der Waals surface area contributed by atoms with Gasteiger partial charge in [-0.15, -0.1) is 0 Å². The molecule has 5 rings (SSSR count). The number of carboxylic acid groups (broad SMARTS) is 1. The highest BCUT2D eigenvalue weighted by Crippen LogP contribution is 2.24. The number of rotatable bonds is 4. The number of hydrogen-bond acceptors (Lipinski definition) is 7. The number of benzene rings is 2. The minimum absolute atomic E-state index is 0.163.